The molecule has 2 nitrogen and oxygen atoms in total. The normalized spacial score (nSPS) is 17.6. The second-order valence-corrected chi connectivity index (χ2v) is 6.91. The summed E-state index contributed by atoms with van der Waals surface area (Å²) in [5.74, 6) is -0.319. The third-order valence-corrected chi connectivity index (χ3v) is 4.69. The fourth-order valence-electron chi connectivity index (χ4n) is 3.24. The van der Waals surface area contributed by atoms with Crippen LogP contribution >= 0.6 is 11.6 Å². The molecule has 24 heavy (non-hydrogen) atoms. The molecule has 0 aromatic heterocycles. The monoisotopic (exact) mass is 347 g/mol. The van der Waals surface area contributed by atoms with Crippen molar-refractivity contribution in [3.63, 3.8) is 0 Å². The molecule has 0 amide bonds. The minimum absolute atomic E-state index is 0.181. The molecule has 0 aliphatic carbocycles. The summed E-state index contributed by atoms with van der Waals surface area (Å²) in [6.45, 7) is 5.02. The molecule has 0 bridgehead atoms. The molecule has 0 N–H and O–H groups in total. The van der Waals surface area contributed by atoms with Gasteiger partial charge in [0.15, 0.2) is 0 Å². The van der Waals surface area contributed by atoms with E-state index in [0.29, 0.717) is 12.1 Å². The lowest BCUT2D eigenvalue weighted by molar-refractivity contribution is 0.0675. The van der Waals surface area contributed by atoms with Gasteiger partial charge in [-0.05, 0) is 31.4 Å². The lowest BCUT2D eigenvalue weighted by Crippen LogP contribution is -2.31. The van der Waals surface area contributed by atoms with Gasteiger partial charge in [-0.15, -0.1) is 0 Å². The Labute approximate surface area is 148 Å². The number of hydrogen-bond donors (Lipinski definition) is 0. The Morgan fingerprint density at radius 2 is 2.04 bits per heavy atom. The second-order valence-electron chi connectivity index (χ2n) is 6.51. The molecule has 2 aromatic rings. The maximum Gasteiger partial charge on any atom is 0.146 e. The molecule has 4 heteroatoms. The Morgan fingerprint density at radius 1 is 1.21 bits per heavy atom. The first-order valence-electron chi connectivity index (χ1n) is 8.44. The fourth-order valence-corrected chi connectivity index (χ4v) is 3.44. The van der Waals surface area contributed by atoms with Crippen molar-refractivity contribution in [3.05, 3.63) is 70.0 Å². The number of ether oxygens (including phenoxy) is 1. The van der Waals surface area contributed by atoms with Crippen molar-refractivity contribution < 1.29 is 9.13 Å². The molecule has 1 aliphatic heterocycles. The SMILES string of the molecule is Cc1cccc(CN(Cc2cccc(Cl)c2F)CC2CCCO2)c1. The third-order valence-electron chi connectivity index (χ3n) is 4.40. The van der Waals surface area contributed by atoms with Crippen LogP contribution in [0, 0.1) is 12.7 Å². The third kappa shape index (κ3) is 4.56. The molecule has 1 aliphatic rings. The topological polar surface area (TPSA) is 12.5 Å². The minimum Gasteiger partial charge on any atom is -0.377 e. The first-order valence-corrected chi connectivity index (χ1v) is 8.82. The Hall–Kier alpha value is -1.42. The minimum atomic E-state index is -0.319. The summed E-state index contributed by atoms with van der Waals surface area (Å²) >= 11 is 5.93. The molecule has 0 spiro atoms. The van der Waals surface area contributed by atoms with Gasteiger partial charge >= 0.3 is 0 Å². The maximum absolute atomic E-state index is 14.3. The summed E-state index contributed by atoms with van der Waals surface area (Å²) in [5.41, 5.74) is 3.10. The summed E-state index contributed by atoms with van der Waals surface area (Å²) in [4.78, 5) is 2.25. The number of nitrogens with zero attached hydrogens (tertiary/aromatic N) is 1. The molecular formula is C20H23ClFNO. The van der Waals surface area contributed by atoms with Gasteiger partial charge in [-0.3, -0.25) is 4.90 Å². The zero-order chi connectivity index (χ0) is 16.9. The molecule has 0 radical (unpaired) electrons. The predicted molar refractivity (Wildman–Crippen MR) is 95.7 cm³/mol. The predicted octanol–water partition coefficient (Wildman–Crippen LogP) is 4.97. The Balaban J connectivity index is 1.77. The average Bonchev–Trinajstić information content (AvgIpc) is 3.05. The van der Waals surface area contributed by atoms with E-state index in [9.17, 15) is 4.39 Å². The van der Waals surface area contributed by atoms with E-state index in [1.54, 1.807) is 18.2 Å². The van der Waals surface area contributed by atoms with E-state index >= 15 is 0 Å². The summed E-state index contributed by atoms with van der Waals surface area (Å²) < 4.78 is 20.1. The average molecular weight is 348 g/mol. The van der Waals surface area contributed by atoms with Crippen LogP contribution in [0.3, 0.4) is 0 Å². The van der Waals surface area contributed by atoms with Gasteiger partial charge in [0.2, 0.25) is 0 Å². The molecule has 128 valence electrons. The van der Waals surface area contributed by atoms with Crippen LogP contribution in [0.25, 0.3) is 0 Å². The van der Waals surface area contributed by atoms with Crippen molar-refractivity contribution in [1.82, 2.24) is 4.90 Å². The number of benzene rings is 2. The summed E-state index contributed by atoms with van der Waals surface area (Å²) in [6, 6.07) is 13.6. The van der Waals surface area contributed by atoms with E-state index in [1.807, 2.05) is 0 Å². The lowest BCUT2D eigenvalue weighted by Gasteiger charge is -2.26. The van der Waals surface area contributed by atoms with Crippen LogP contribution in [0.2, 0.25) is 5.02 Å². The quantitative estimate of drug-likeness (QED) is 0.731. The standard InChI is InChI=1S/C20H23ClFNO/c1-15-5-2-6-16(11-15)12-23(14-18-8-4-10-24-18)13-17-7-3-9-19(21)20(17)22/h2-3,5-7,9,11,18H,4,8,10,12-14H2,1H3. The van der Waals surface area contributed by atoms with Crippen LogP contribution in [-0.4, -0.2) is 24.2 Å². The molecule has 1 heterocycles. The highest BCUT2D eigenvalue weighted by molar-refractivity contribution is 6.30. The van der Waals surface area contributed by atoms with Crippen LogP contribution in [0.4, 0.5) is 4.39 Å². The molecule has 2 aromatic carbocycles. The Bertz CT molecular complexity index is 685. The van der Waals surface area contributed by atoms with Gasteiger partial charge < -0.3 is 4.74 Å². The highest BCUT2D eigenvalue weighted by Crippen LogP contribution is 2.22. The van der Waals surface area contributed by atoms with Crippen LogP contribution < -0.4 is 0 Å². The summed E-state index contributed by atoms with van der Waals surface area (Å²) in [6.07, 6.45) is 2.41. The van der Waals surface area contributed by atoms with Crippen LogP contribution in [0.1, 0.15) is 29.5 Å². The summed E-state index contributed by atoms with van der Waals surface area (Å²) in [5, 5.41) is 0.181. The Morgan fingerprint density at radius 3 is 2.79 bits per heavy atom. The van der Waals surface area contributed by atoms with Crippen LogP contribution in [0.5, 0.6) is 0 Å². The van der Waals surface area contributed by atoms with Gasteiger partial charge in [0.05, 0.1) is 11.1 Å². The van der Waals surface area contributed by atoms with E-state index in [-0.39, 0.29) is 16.9 Å². The molecule has 0 saturated carbocycles. The van der Waals surface area contributed by atoms with E-state index in [2.05, 4.69) is 36.1 Å². The van der Waals surface area contributed by atoms with Gasteiger partial charge in [0.1, 0.15) is 5.82 Å². The first kappa shape index (κ1) is 17.4. The van der Waals surface area contributed by atoms with E-state index in [1.165, 1.54) is 11.1 Å². The first-order chi connectivity index (χ1) is 11.6. The highest BCUT2D eigenvalue weighted by Gasteiger charge is 2.20. The van der Waals surface area contributed by atoms with Crippen molar-refractivity contribution in [2.75, 3.05) is 13.2 Å². The maximum atomic E-state index is 14.3. The van der Waals surface area contributed by atoms with Crippen molar-refractivity contribution in [2.24, 2.45) is 0 Å². The second kappa shape index (κ2) is 8.11. The fraction of sp³-hybridized carbons (Fsp3) is 0.400. The number of aryl methyl sites for hydroxylation is 1. The smallest absolute Gasteiger partial charge is 0.146 e. The highest BCUT2D eigenvalue weighted by atomic mass is 35.5. The van der Waals surface area contributed by atoms with Gasteiger partial charge in [-0.25, -0.2) is 4.39 Å². The van der Waals surface area contributed by atoms with Crippen molar-refractivity contribution in [3.8, 4) is 0 Å². The Kier molecular flexibility index (Phi) is 5.88. The van der Waals surface area contributed by atoms with Gasteiger partial charge in [0.25, 0.3) is 0 Å². The molecule has 1 unspecified atom stereocenters. The molecule has 3 rings (SSSR count). The van der Waals surface area contributed by atoms with Gasteiger partial charge in [-0.2, -0.15) is 0 Å². The van der Waals surface area contributed by atoms with E-state index in [4.69, 9.17) is 16.3 Å². The van der Waals surface area contributed by atoms with E-state index in [0.717, 1.165) is 32.5 Å². The number of halogens is 2. The number of hydrogen-bond acceptors (Lipinski definition) is 2. The van der Waals surface area contributed by atoms with Crippen molar-refractivity contribution in [1.29, 1.82) is 0 Å². The van der Waals surface area contributed by atoms with Crippen molar-refractivity contribution in [2.45, 2.75) is 39.0 Å². The zero-order valence-electron chi connectivity index (χ0n) is 14.0. The van der Waals surface area contributed by atoms with Crippen LogP contribution in [-0.2, 0) is 17.8 Å². The van der Waals surface area contributed by atoms with Crippen LogP contribution in [0.15, 0.2) is 42.5 Å². The van der Waals surface area contributed by atoms with Gasteiger partial charge in [-0.1, -0.05) is 53.6 Å². The van der Waals surface area contributed by atoms with Crippen molar-refractivity contribution >= 4 is 11.6 Å². The van der Waals surface area contributed by atoms with E-state index < -0.39 is 0 Å². The number of rotatable bonds is 6. The molecule has 1 atom stereocenters. The van der Waals surface area contributed by atoms with Gasteiger partial charge in [0, 0.05) is 31.8 Å². The molecular weight excluding hydrogens is 325 g/mol. The summed E-state index contributed by atoms with van der Waals surface area (Å²) in [7, 11) is 0. The molecule has 1 fully saturated rings. The zero-order valence-corrected chi connectivity index (χ0v) is 14.7. The lowest BCUT2D eigenvalue weighted by atomic mass is 10.1. The molecule has 1 saturated heterocycles. The largest absolute Gasteiger partial charge is 0.377 e.